The van der Waals surface area contributed by atoms with Gasteiger partial charge in [-0.1, -0.05) is 78.9 Å². The molecule has 3 aromatic carbocycles. The maximum absolute atomic E-state index is 12.6. The molecule has 0 spiro atoms. The Morgan fingerprint density at radius 3 is 1.73 bits per heavy atom. The Labute approximate surface area is 240 Å². The molecule has 10 heteroatoms. The first-order valence-corrected chi connectivity index (χ1v) is 14.0. The molecule has 0 aliphatic carbocycles. The molecule has 1 aromatic heterocycles. The Balaban J connectivity index is 1.20. The van der Waals surface area contributed by atoms with Crippen molar-refractivity contribution >= 4 is 23.8 Å². The van der Waals surface area contributed by atoms with E-state index in [9.17, 15) is 4.79 Å². The van der Waals surface area contributed by atoms with Crippen molar-refractivity contribution in [2.24, 2.45) is 0 Å². The molecule has 2 N–H and O–H groups in total. The van der Waals surface area contributed by atoms with E-state index in [0.717, 1.165) is 26.2 Å². The summed E-state index contributed by atoms with van der Waals surface area (Å²) in [5.41, 5.74) is 8.74. The van der Waals surface area contributed by atoms with Crippen molar-refractivity contribution in [3.63, 3.8) is 0 Å². The van der Waals surface area contributed by atoms with Crippen LogP contribution in [0.2, 0.25) is 0 Å². The van der Waals surface area contributed by atoms with Crippen molar-refractivity contribution < 1.29 is 9.53 Å². The fourth-order valence-electron chi connectivity index (χ4n) is 5.30. The van der Waals surface area contributed by atoms with Crippen molar-refractivity contribution in [1.82, 2.24) is 25.3 Å². The second kappa shape index (κ2) is 12.8. The summed E-state index contributed by atoms with van der Waals surface area (Å²) in [6.45, 7) is 5.85. The lowest BCUT2D eigenvalue weighted by Crippen LogP contribution is -2.48. The zero-order valence-electron chi connectivity index (χ0n) is 22.9. The largest absolute Gasteiger partial charge is 0.378 e. The van der Waals surface area contributed by atoms with E-state index in [0.29, 0.717) is 49.7 Å². The van der Waals surface area contributed by atoms with Crippen LogP contribution in [0, 0.1) is 0 Å². The summed E-state index contributed by atoms with van der Waals surface area (Å²) in [7, 11) is 0. The molecule has 0 atom stereocenters. The van der Waals surface area contributed by atoms with Gasteiger partial charge in [0.2, 0.25) is 17.8 Å². The van der Waals surface area contributed by atoms with Gasteiger partial charge in [0, 0.05) is 44.8 Å². The van der Waals surface area contributed by atoms with Gasteiger partial charge < -0.3 is 14.5 Å². The third kappa shape index (κ3) is 6.45. The Morgan fingerprint density at radius 1 is 0.659 bits per heavy atom. The molecule has 2 aliphatic heterocycles. The van der Waals surface area contributed by atoms with Crippen molar-refractivity contribution in [2.75, 3.05) is 67.7 Å². The Morgan fingerprint density at radius 2 is 1.17 bits per heavy atom. The number of ether oxygens (including phenoxy) is 1. The normalized spacial score (nSPS) is 16.0. The summed E-state index contributed by atoms with van der Waals surface area (Å²) in [5, 5.41) is 0. The summed E-state index contributed by atoms with van der Waals surface area (Å²) < 4.78 is 5.53. The van der Waals surface area contributed by atoms with Crippen LogP contribution < -0.4 is 20.7 Å². The fraction of sp³-hybridized carbons (Fsp3) is 0.290. The SMILES string of the molecule is O=C(NNc1nc(N2CCOCC2)nc(N2CCN(C(c3ccccc3)c3ccccc3)CC2)n1)c1ccccc1. The second-order valence-electron chi connectivity index (χ2n) is 10.1. The van der Waals surface area contributed by atoms with E-state index in [1.165, 1.54) is 11.1 Å². The molecule has 0 unspecified atom stereocenters. The van der Waals surface area contributed by atoms with E-state index in [1.54, 1.807) is 12.1 Å². The number of morpholine rings is 1. The first kappa shape index (κ1) is 26.7. The molecular weight excluding hydrogens is 516 g/mol. The average molecular weight is 551 g/mol. The topological polar surface area (TPSA) is 98.8 Å². The lowest BCUT2D eigenvalue weighted by atomic mass is 9.96. The van der Waals surface area contributed by atoms with Crippen LogP contribution in [-0.2, 0) is 4.74 Å². The summed E-state index contributed by atoms with van der Waals surface area (Å²) >= 11 is 0. The minimum absolute atomic E-state index is 0.173. The van der Waals surface area contributed by atoms with Gasteiger partial charge >= 0.3 is 0 Å². The first-order chi connectivity index (χ1) is 20.2. The van der Waals surface area contributed by atoms with Gasteiger partial charge in [-0.2, -0.15) is 15.0 Å². The Bertz CT molecular complexity index is 1370. The van der Waals surface area contributed by atoms with Crippen LogP contribution in [0.3, 0.4) is 0 Å². The van der Waals surface area contributed by atoms with Crippen molar-refractivity contribution in [2.45, 2.75) is 6.04 Å². The summed E-state index contributed by atoms with van der Waals surface area (Å²) in [6, 6.07) is 30.5. The summed E-state index contributed by atoms with van der Waals surface area (Å²) in [5.74, 6) is 1.20. The minimum atomic E-state index is -0.262. The van der Waals surface area contributed by atoms with Crippen LogP contribution in [0.5, 0.6) is 0 Å². The molecule has 2 aliphatic rings. The standard InChI is InChI=1S/C31H34N8O2/c40-28(26-14-8-3-9-15-26)35-36-29-32-30(34-31(33-29)39-20-22-41-23-21-39)38-18-16-37(17-19-38)27(24-10-4-1-5-11-24)25-12-6-2-7-13-25/h1-15,27H,16-23H2,(H,35,40)(H,32,33,34,36). The Kier molecular flexibility index (Phi) is 8.30. The number of carbonyl (C=O) groups is 1. The van der Waals surface area contributed by atoms with E-state index in [4.69, 9.17) is 14.7 Å². The van der Waals surface area contributed by atoms with Gasteiger partial charge in [0.15, 0.2) is 0 Å². The van der Waals surface area contributed by atoms with Gasteiger partial charge in [-0.25, -0.2) is 0 Å². The smallest absolute Gasteiger partial charge is 0.269 e. The molecule has 10 nitrogen and oxygen atoms in total. The molecule has 2 fully saturated rings. The molecule has 6 rings (SSSR count). The molecule has 41 heavy (non-hydrogen) atoms. The highest BCUT2D eigenvalue weighted by molar-refractivity contribution is 5.94. The van der Waals surface area contributed by atoms with Crippen LogP contribution in [0.25, 0.3) is 0 Å². The fourth-order valence-corrected chi connectivity index (χ4v) is 5.30. The van der Waals surface area contributed by atoms with E-state index in [-0.39, 0.29) is 11.9 Å². The van der Waals surface area contributed by atoms with Crippen molar-refractivity contribution in [1.29, 1.82) is 0 Å². The zero-order chi connectivity index (χ0) is 27.9. The molecule has 0 bridgehead atoms. The lowest BCUT2D eigenvalue weighted by molar-refractivity contribution is 0.0962. The minimum Gasteiger partial charge on any atom is -0.378 e. The number of nitrogens with zero attached hydrogens (tertiary/aromatic N) is 6. The Hall–Kier alpha value is -4.54. The van der Waals surface area contributed by atoms with Crippen LogP contribution in [0.15, 0.2) is 91.0 Å². The number of rotatable bonds is 8. The maximum Gasteiger partial charge on any atom is 0.269 e. The number of carbonyl (C=O) groups excluding carboxylic acids is 1. The number of amides is 1. The first-order valence-electron chi connectivity index (χ1n) is 14.0. The third-order valence-electron chi connectivity index (χ3n) is 7.42. The van der Waals surface area contributed by atoms with Crippen LogP contribution in [-0.4, -0.2) is 78.2 Å². The molecule has 2 saturated heterocycles. The predicted molar refractivity (Wildman–Crippen MR) is 159 cm³/mol. The van der Waals surface area contributed by atoms with E-state index < -0.39 is 0 Å². The quantitative estimate of drug-likeness (QED) is 0.320. The van der Waals surface area contributed by atoms with Crippen molar-refractivity contribution in [3.8, 4) is 0 Å². The van der Waals surface area contributed by atoms with Gasteiger partial charge in [-0.15, -0.1) is 0 Å². The van der Waals surface area contributed by atoms with Gasteiger partial charge in [0.05, 0.1) is 19.3 Å². The second-order valence-corrected chi connectivity index (χ2v) is 10.1. The molecule has 3 heterocycles. The number of hydrogen-bond donors (Lipinski definition) is 2. The highest BCUT2D eigenvalue weighted by atomic mass is 16.5. The number of piperazine rings is 1. The van der Waals surface area contributed by atoms with Crippen molar-refractivity contribution in [3.05, 3.63) is 108 Å². The van der Waals surface area contributed by atoms with E-state index >= 15 is 0 Å². The van der Waals surface area contributed by atoms with Crippen LogP contribution in [0.1, 0.15) is 27.5 Å². The number of hydrogen-bond acceptors (Lipinski definition) is 9. The summed E-state index contributed by atoms with van der Waals surface area (Å²) in [6.07, 6.45) is 0. The monoisotopic (exact) mass is 550 g/mol. The number of aromatic nitrogens is 3. The van der Waals surface area contributed by atoms with Gasteiger partial charge in [-0.3, -0.25) is 20.5 Å². The third-order valence-corrected chi connectivity index (χ3v) is 7.42. The molecule has 1 amide bonds. The van der Waals surface area contributed by atoms with Gasteiger partial charge in [0.1, 0.15) is 0 Å². The average Bonchev–Trinajstić information content (AvgIpc) is 3.06. The van der Waals surface area contributed by atoms with E-state index in [1.807, 2.05) is 18.2 Å². The number of benzene rings is 3. The maximum atomic E-state index is 12.6. The van der Waals surface area contributed by atoms with Crippen LogP contribution >= 0.6 is 0 Å². The highest BCUT2D eigenvalue weighted by Crippen LogP contribution is 2.30. The number of nitrogens with one attached hydrogen (secondary N) is 2. The van der Waals surface area contributed by atoms with Gasteiger partial charge in [0.25, 0.3) is 5.91 Å². The van der Waals surface area contributed by atoms with Crippen LogP contribution in [0.4, 0.5) is 17.8 Å². The number of anilines is 3. The molecule has 0 saturated carbocycles. The van der Waals surface area contributed by atoms with Gasteiger partial charge in [-0.05, 0) is 23.3 Å². The molecular formula is C31H34N8O2. The molecule has 0 radical (unpaired) electrons. The highest BCUT2D eigenvalue weighted by Gasteiger charge is 2.28. The lowest BCUT2D eigenvalue weighted by Gasteiger charge is -2.40. The number of hydrazine groups is 1. The zero-order valence-corrected chi connectivity index (χ0v) is 22.9. The van der Waals surface area contributed by atoms with E-state index in [2.05, 4.69) is 91.2 Å². The predicted octanol–water partition coefficient (Wildman–Crippen LogP) is 3.38. The summed E-state index contributed by atoms with van der Waals surface area (Å²) in [4.78, 5) is 33.6. The molecule has 210 valence electrons. The molecule has 4 aromatic rings.